The summed E-state index contributed by atoms with van der Waals surface area (Å²) in [6.45, 7) is 2.94. The van der Waals surface area contributed by atoms with E-state index in [0.29, 0.717) is 25.3 Å². The highest BCUT2D eigenvalue weighted by molar-refractivity contribution is 7.89. The molecule has 1 saturated heterocycles. The summed E-state index contributed by atoms with van der Waals surface area (Å²) >= 11 is 0. The molecular weight excluding hydrogens is 278 g/mol. The number of ether oxygens (including phenoxy) is 1. The lowest BCUT2D eigenvalue weighted by Gasteiger charge is -2.18. The van der Waals surface area contributed by atoms with Crippen LogP contribution in [0.15, 0.2) is 23.1 Å². The summed E-state index contributed by atoms with van der Waals surface area (Å²) in [5.41, 5.74) is 0.885. The van der Waals surface area contributed by atoms with Gasteiger partial charge in [-0.05, 0) is 43.4 Å². The van der Waals surface area contributed by atoms with Crippen molar-refractivity contribution in [2.75, 3.05) is 26.8 Å². The van der Waals surface area contributed by atoms with E-state index in [1.807, 2.05) is 13.0 Å². The van der Waals surface area contributed by atoms with Gasteiger partial charge in [-0.3, -0.25) is 0 Å². The van der Waals surface area contributed by atoms with Gasteiger partial charge in [0.25, 0.3) is 0 Å². The van der Waals surface area contributed by atoms with E-state index in [0.717, 1.165) is 12.0 Å². The molecular formula is C14H21NO4S. The van der Waals surface area contributed by atoms with Crippen molar-refractivity contribution in [2.24, 2.45) is 5.92 Å². The lowest BCUT2D eigenvalue weighted by molar-refractivity contribution is 0.259. The third-order valence-electron chi connectivity index (χ3n) is 3.72. The maximum Gasteiger partial charge on any atom is 0.246 e. The van der Waals surface area contributed by atoms with Crippen molar-refractivity contribution in [3.05, 3.63) is 23.8 Å². The lowest BCUT2D eigenvalue weighted by atomic mass is 10.1. The van der Waals surface area contributed by atoms with Crippen LogP contribution in [0.25, 0.3) is 0 Å². The third-order valence-corrected chi connectivity index (χ3v) is 5.61. The van der Waals surface area contributed by atoms with Gasteiger partial charge in [-0.25, -0.2) is 8.42 Å². The summed E-state index contributed by atoms with van der Waals surface area (Å²) in [6.07, 6.45) is 1.45. The highest BCUT2D eigenvalue weighted by Crippen LogP contribution is 2.31. The molecule has 1 N–H and O–H groups in total. The van der Waals surface area contributed by atoms with Gasteiger partial charge in [-0.1, -0.05) is 6.07 Å². The van der Waals surface area contributed by atoms with E-state index in [4.69, 9.17) is 9.84 Å². The first-order valence-corrected chi connectivity index (χ1v) is 8.18. The summed E-state index contributed by atoms with van der Waals surface area (Å²) in [6, 6.07) is 5.16. The standard InChI is InChI=1S/C14H21NO4S/c1-11-3-4-13(19-2)14(9-11)20(17,18)15-7-5-12(10-15)6-8-16/h3-4,9,12,16H,5-8,10H2,1-2H3. The van der Waals surface area contributed by atoms with Crippen molar-refractivity contribution >= 4 is 10.0 Å². The van der Waals surface area contributed by atoms with Crippen LogP contribution in [0.4, 0.5) is 0 Å². The molecule has 1 heterocycles. The Hall–Kier alpha value is -1.11. The molecule has 5 nitrogen and oxygen atoms in total. The molecule has 0 radical (unpaired) electrons. The quantitative estimate of drug-likeness (QED) is 0.892. The average molecular weight is 299 g/mol. The number of methoxy groups -OCH3 is 1. The molecule has 1 aliphatic heterocycles. The summed E-state index contributed by atoms with van der Waals surface area (Å²) < 4.78 is 32.1. The molecule has 0 saturated carbocycles. The molecule has 1 aromatic carbocycles. The zero-order valence-electron chi connectivity index (χ0n) is 11.9. The molecule has 112 valence electrons. The van der Waals surface area contributed by atoms with Crippen LogP contribution in [-0.4, -0.2) is 44.6 Å². The number of nitrogens with zero attached hydrogens (tertiary/aromatic N) is 1. The van der Waals surface area contributed by atoms with Crippen molar-refractivity contribution in [1.82, 2.24) is 4.31 Å². The number of benzene rings is 1. The number of sulfonamides is 1. The Morgan fingerprint density at radius 1 is 1.45 bits per heavy atom. The Kier molecular flexibility index (Phi) is 4.67. The van der Waals surface area contributed by atoms with Gasteiger partial charge < -0.3 is 9.84 Å². The molecule has 6 heteroatoms. The van der Waals surface area contributed by atoms with E-state index in [1.54, 1.807) is 12.1 Å². The van der Waals surface area contributed by atoms with Crippen molar-refractivity contribution in [2.45, 2.75) is 24.7 Å². The molecule has 1 unspecified atom stereocenters. The van der Waals surface area contributed by atoms with E-state index in [1.165, 1.54) is 11.4 Å². The zero-order valence-corrected chi connectivity index (χ0v) is 12.7. The van der Waals surface area contributed by atoms with Gasteiger partial charge in [0.05, 0.1) is 7.11 Å². The number of hydrogen-bond donors (Lipinski definition) is 1. The second-order valence-corrected chi connectivity index (χ2v) is 7.09. The maximum absolute atomic E-state index is 12.7. The molecule has 1 fully saturated rings. The smallest absolute Gasteiger partial charge is 0.246 e. The second-order valence-electron chi connectivity index (χ2n) is 5.18. The third kappa shape index (κ3) is 2.97. The molecule has 0 aromatic heterocycles. The predicted octanol–water partition coefficient (Wildman–Crippen LogP) is 1.40. The monoisotopic (exact) mass is 299 g/mol. The number of aliphatic hydroxyl groups excluding tert-OH is 1. The topological polar surface area (TPSA) is 66.8 Å². The SMILES string of the molecule is COc1ccc(C)cc1S(=O)(=O)N1CCC(CCO)C1. The van der Waals surface area contributed by atoms with Crippen LogP contribution < -0.4 is 4.74 Å². The van der Waals surface area contributed by atoms with Gasteiger partial charge in [0, 0.05) is 19.7 Å². The molecule has 0 bridgehead atoms. The molecule has 20 heavy (non-hydrogen) atoms. The Labute approximate surface area is 120 Å². The van der Waals surface area contributed by atoms with Crippen LogP contribution >= 0.6 is 0 Å². The van der Waals surface area contributed by atoms with Crippen LogP contribution in [0.5, 0.6) is 5.75 Å². The van der Waals surface area contributed by atoms with Gasteiger partial charge >= 0.3 is 0 Å². The Balaban J connectivity index is 2.29. The van der Waals surface area contributed by atoms with Crippen LogP contribution in [-0.2, 0) is 10.0 Å². The van der Waals surface area contributed by atoms with E-state index in [-0.39, 0.29) is 17.4 Å². The van der Waals surface area contributed by atoms with Crippen molar-refractivity contribution < 1.29 is 18.3 Å². The zero-order chi connectivity index (χ0) is 14.8. The second kappa shape index (κ2) is 6.11. The Morgan fingerprint density at radius 2 is 2.20 bits per heavy atom. The summed E-state index contributed by atoms with van der Waals surface area (Å²) in [5.74, 6) is 0.617. The molecule has 0 amide bonds. The van der Waals surface area contributed by atoms with E-state index >= 15 is 0 Å². The van der Waals surface area contributed by atoms with Crippen molar-refractivity contribution in [3.8, 4) is 5.75 Å². The predicted molar refractivity (Wildman–Crippen MR) is 76.3 cm³/mol. The maximum atomic E-state index is 12.7. The minimum Gasteiger partial charge on any atom is -0.495 e. The fourth-order valence-corrected chi connectivity index (χ4v) is 4.33. The number of hydrogen-bond acceptors (Lipinski definition) is 4. The van der Waals surface area contributed by atoms with E-state index < -0.39 is 10.0 Å². The minimum absolute atomic E-state index is 0.103. The number of aryl methyl sites for hydroxylation is 1. The lowest BCUT2D eigenvalue weighted by Crippen LogP contribution is -2.29. The molecule has 0 aliphatic carbocycles. The minimum atomic E-state index is -3.53. The van der Waals surface area contributed by atoms with Crippen LogP contribution in [0, 0.1) is 12.8 Å². The molecule has 0 spiro atoms. The van der Waals surface area contributed by atoms with Crippen LogP contribution in [0.2, 0.25) is 0 Å². The van der Waals surface area contributed by atoms with E-state index in [9.17, 15) is 8.42 Å². The highest BCUT2D eigenvalue weighted by atomic mass is 32.2. The molecule has 1 atom stereocenters. The first-order chi connectivity index (χ1) is 9.48. The Bertz CT molecular complexity index is 571. The largest absolute Gasteiger partial charge is 0.495 e. The van der Waals surface area contributed by atoms with Gasteiger partial charge in [-0.2, -0.15) is 4.31 Å². The first kappa shape index (κ1) is 15.3. The Morgan fingerprint density at radius 3 is 2.85 bits per heavy atom. The van der Waals surface area contributed by atoms with Crippen LogP contribution in [0.1, 0.15) is 18.4 Å². The van der Waals surface area contributed by atoms with Gasteiger partial charge in [0.1, 0.15) is 10.6 Å². The summed E-state index contributed by atoms with van der Waals surface area (Å²) in [7, 11) is -2.05. The highest BCUT2D eigenvalue weighted by Gasteiger charge is 2.33. The average Bonchev–Trinajstić information content (AvgIpc) is 2.88. The number of aliphatic hydroxyl groups is 1. The van der Waals surface area contributed by atoms with Crippen molar-refractivity contribution in [3.63, 3.8) is 0 Å². The van der Waals surface area contributed by atoms with Crippen LogP contribution in [0.3, 0.4) is 0 Å². The number of rotatable bonds is 5. The summed E-state index contributed by atoms with van der Waals surface area (Å²) in [5, 5.41) is 8.96. The molecule has 2 rings (SSSR count). The fourth-order valence-electron chi connectivity index (χ4n) is 2.56. The molecule has 1 aliphatic rings. The normalized spacial score (nSPS) is 20.2. The first-order valence-electron chi connectivity index (χ1n) is 6.74. The van der Waals surface area contributed by atoms with Gasteiger partial charge in [0.15, 0.2) is 0 Å². The van der Waals surface area contributed by atoms with Crippen molar-refractivity contribution in [1.29, 1.82) is 0 Å². The van der Waals surface area contributed by atoms with E-state index in [2.05, 4.69) is 0 Å². The summed E-state index contributed by atoms with van der Waals surface area (Å²) in [4.78, 5) is 0.227. The fraction of sp³-hybridized carbons (Fsp3) is 0.571. The van der Waals surface area contributed by atoms with Gasteiger partial charge in [0.2, 0.25) is 10.0 Å². The van der Waals surface area contributed by atoms with Gasteiger partial charge in [-0.15, -0.1) is 0 Å². The molecule has 1 aromatic rings.